The van der Waals surface area contributed by atoms with E-state index in [1.165, 1.54) is 12.3 Å². The summed E-state index contributed by atoms with van der Waals surface area (Å²) in [6.07, 6.45) is 1.84. The van der Waals surface area contributed by atoms with Crippen LogP contribution in [0.2, 0.25) is 0 Å². The maximum Gasteiger partial charge on any atom is 0.338 e. The molecule has 0 aliphatic rings. The largest absolute Gasteiger partial charge is 0.478 e. The Morgan fingerprint density at radius 2 is 2.39 bits per heavy atom. The highest BCUT2D eigenvalue weighted by Crippen LogP contribution is 2.07. The number of furan rings is 1. The van der Waals surface area contributed by atoms with Crippen molar-refractivity contribution in [3.05, 3.63) is 35.4 Å². The lowest BCUT2D eigenvalue weighted by Gasteiger charge is -1.98. The highest BCUT2D eigenvalue weighted by Gasteiger charge is 2.08. The molecule has 0 atom stereocenters. The van der Waals surface area contributed by atoms with E-state index in [0.29, 0.717) is 37.0 Å². The van der Waals surface area contributed by atoms with Gasteiger partial charge in [-0.3, -0.25) is 0 Å². The summed E-state index contributed by atoms with van der Waals surface area (Å²) in [4.78, 5) is 14.7. The molecule has 7 nitrogen and oxygen atoms in total. The van der Waals surface area contributed by atoms with E-state index in [9.17, 15) is 4.79 Å². The molecule has 2 aromatic heterocycles. The minimum absolute atomic E-state index is 0.152. The first-order chi connectivity index (χ1) is 8.65. The zero-order valence-electron chi connectivity index (χ0n) is 9.84. The second-order valence-electron chi connectivity index (χ2n) is 3.77. The summed E-state index contributed by atoms with van der Waals surface area (Å²) in [6, 6.07) is 1.49. The van der Waals surface area contributed by atoms with Crippen LogP contribution in [0.5, 0.6) is 0 Å². The smallest absolute Gasteiger partial charge is 0.338 e. The number of hydrogen-bond acceptors (Lipinski definition) is 6. The maximum atomic E-state index is 10.6. The Hall–Kier alpha value is -2.15. The molecule has 18 heavy (non-hydrogen) atoms. The number of carboxylic acid groups (broad SMARTS) is 1. The molecular weight excluding hydrogens is 238 g/mol. The van der Waals surface area contributed by atoms with Crippen molar-refractivity contribution in [2.45, 2.75) is 19.9 Å². The first-order valence-electron chi connectivity index (χ1n) is 5.46. The Morgan fingerprint density at radius 1 is 1.56 bits per heavy atom. The third kappa shape index (κ3) is 3.17. The number of aromatic carboxylic acids is 1. The SMILES string of the molecule is Cc1noc(CCNCc2cc(C(=O)O)co2)n1. The fourth-order valence-electron chi connectivity index (χ4n) is 1.43. The van der Waals surface area contributed by atoms with Crippen LogP contribution in [0.25, 0.3) is 0 Å². The van der Waals surface area contributed by atoms with Crippen molar-refractivity contribution in [1.29, 1.82) is 0 Å². The van der Waals surface area contributed by atoms with Gasteiger partial charge >= 0.3 is 5.97 Å². The molecule has 0 fully saturated rings. The first-order valence-corrected chi connectivity index (χ1v) is 5.46. The van der Waals surface area contributed by atoms with Crippen LogP contribution in [-0.2, 0) is 13.0 Å². The van der Waals surface area contributed by atoms with E-state index in [1.54, 1.807) is 6.92 Å². The van der Waals surface area contributed by atoms with Gasteiger partial charge in [-0.15, -0.1) is 0 Å². The molecule has 0 radical (unpaired) electrons. The predicted molar refractivity (Wildman–Crippen MR) is 60.1 cm³/mol. The minimum atomic E-state index is -0.994. The van der Waals surface area contributed by atoms with Gasteiger partial charge < -0.3 is 19.4 Å². The van der Waals surface area contributed by atoms with Gasteiger partial charge in [0.2, 0.25) is 5.89 Å². The summed E-state index contributed by atoms with van der Waals surface area (Å²) >= 11 is 0. The second kappa shape index (κ2) is 5.46. The van der Waals surface area contributed by atoms with E-state index in [1.807, 2.05) is 0 Å². The van der Waals surface area contributed by atoms with E-state index in [0.717, 1.165) is 0 Å². The topological polar surface area (TPSA) is 101 Å². The molecule has 0 saturated heterocycles. The Bertz CT molecular complexity index is 532. The molecule has 0 aliphatic carbocycles. The van der Waals surface area contributed by atoms with Crippen LogP contribution in [0.1, 0.15) is 27.8 Å². The van der Waals surface area contributed by atoms with Gasteiger partial charge in [0.05, 0.1) is 12.1 Å². The van der Waals surface area contributed by atoms with E-state index >= 15 is 0 Å². The summed E-state index contributed by atoms with van der Waals surface area (Å²) in [6.45, 7) is 2.86. The molecule has 0 aromatic carbocycles. The van der Waals surface area contributed by atoms with Crippen LogP contribution < -0.4 is 5.32 Å². The molecule has 0 saturated carbocycles. The zero-order chi connectivity index (χ0) is 13.0. The van der Waals surface area contributed by atoms with Crippen LogP contribution in [0.3, 0.4) is 0 Å². The number of carbonyl (C=O) groups is 1. The van der Waals surface area contributed by atoms with Gasteiger partial charge in [-0.25, -0.2) is 4.79 Å². The van der Waals surface area contributed by atoms with Crippen molar-refractivity contribution in [1.82, 2.24) is 15.5 Å². The van der Waals surface area contributed by atoms with Crippen LogP contribution in [0.15, 0.2) is 21.3 Å². The molecule has 0 unspecified atom stereocenters. The highest BCUT2D eigenvalue weighted by molar-refractivity contribution is 5.87. The van der Waals surface area contributed by atoms with Crippen molar-refractivity contribution in [2.24, 2.45) is 0 Å². The quantitative estimate of drug-likeness (QED) is 0.738. The third-order valence-electron chi connectivity index (χ3n) is 2.29. The highest BCUT2D eigenvalue weighted by atomic mass is 16.5. The summed E-state index contributed by atoms with van der Waals surface area (Å²) in [7, 11) is 0. The molecular formula is C11H13N3O4. The number of rotatable bonds is 6. The lowest BCUT2D eigenvalue weighted by Crippen LogP contribution is -2.16. The van der Waals surface area contributed by atoms with Gasteiger partial charge in [-0.2, -0.15) is 4.98 Å². The average Bonchev–Trinajstić information content (AvgIpc) is 2.93. The molecule has 0 spiro atoms. The predicted octanol–water partition coefficient (Wildman–Crippen LogP) is 1.00. The van der Waals surface area contributed by atoms with Gasteiger partial charge in [0.15, 0.2) is 5.82 Å². The molecule has 2 heterocycles. The van der Waals surface area contributed by atoms with Crippen LogP contribution in [0, 0.1) is 6.92 Å². The maximum absolute atomic E-state index is 10.6. The molecule has 0 bridgehead atoms. The van der Waals surface area contributed by atoms with E-state index in [4.69, 9.17) is 14.0 Å². The number of nitrogens with zero attached hydrogens (tertiary/aromatic N) is 2. The molecule has 0 amide bonds. The van der Waals surface area contributed by atoms with Crippen molar-refractivity contribution in [3.8, 4) is 0 Å². The fraction of sp³-hybridized carbons (Fsp3) is 0.364. The molecule has 96 valence electrons. The van der Waals surface area contributed by atoms with Crippen LogP contribution in [0.4, 0.5) is 0 Å². The molecule has 0 aliphatic heterocycles. The molecule has 7 heteroatoms. The second-order valence-corrected chi connectivity index (χ2v) is 3.77. The van der Waals surface area contributed by atoms with Crippen molar-refractivity contribution in [3.63, 3.8) is 0 Å². The Labute approximate surface area is 103 Å². The number of nitrogens with one attached hydrogen (secondary N) is 1. The van der Waals surface area contributed by atoms with E-state index < -0.39 is 5.97 Å². The van der Waals surface area contributed by atoms with Gasteiger partial charge in [-0.1, -0.05) is 5.16 Å². The van der Waals surface area contributed by atoms with Crippen molar-refractivity contribution in [2.75, 3.05) is 6.54 Å². The van der Waals surface area contributed by atoms with E-state index in [2.05, 4.69) is 15.5 Å². The van der Waals surface area contributed by atoms with E-state index in [-0.39, 0.29) is 5.56 Å². The first kappa shape index (κ1) is 12.3. The Kier molecular flexibility index (Phi) is 3.73. The Balaban J connectivity index is 1.73. The summed E-state index contributed by atoms with van der Waals surface area (Å²) in [5.41, 5.74) is 0.152. The average molecular weight is 251 g/mol. The number of aromatic nitrogens is 2. The van der Waals surface area contributed by atoms with Gasteiger partial charge in [-0.05, 0) is 13.0 Å². The van der Waals surface area contributed by atoms with Crippen molar-refractivity contribution < 1.29 is 18.8 Å². The molecule has 2 rings (SSSR count). The molecule has 2 N–H and O–H groups in total. The number of aryl methyl sites for hydroxylation is 1. The normalized spacial score (nSPS) is 10.7. The summed E-state index contributed by atoms with van der Waals surface area (Å²) in [5, 5.41) is 15.5. The monoisotopic (exact) mass is 251 g/mol. The van der Waals surface area contributed by atoms with Gasteiger partial charge in [0.1, 0.15) is 12.0 Å². The summed E-state index contributed by atoms with van der Waals surface area (Å²) < 4.78 is 10.0. The van der Waals surface area contributed by atoms with Crippen molar-refractivity contribution >= 4 is 5.97 Å². The molecule has 2 aromatic rings. The van der Waals surface area contributed by atoms with Crippen LogP contribution in [-0.4, -0.2) is 27.8 Å². The zero-order valence-corrected chi connectivity index (χ0v) is 9.84. The van der Waals surface area contributed by atoms with Gasteiger partial charge in [0.25, 0.3) is 0 Å². The number of hydrogen-bond donors (Lipinski definition) is 2. The van der Waals surface area contributed by atoms with Crippen LogP contribution >= 0.6 is 0 Å². The third-order valence-corrected chi connectivity index (χ3v) is 2.29. The summed E-state index contributed by atoms with van der Waals surface area (Å²) in [5.74, 6) is 0.772. The standard InChI is InChI=1S/C11H13N3O4/c1-7-13-10(18-14-7)2-3-12-5-9-4-8(6-17-9)11(15)16/h4,6,12H,2-3,5H2,1H3,(H,15,16). The Morgan fingerprint density at radius 3 is 3.00 bits per heavy atom. The minimum Gasteiger partial charge on any atom is -0.478 e. The number of carboxylic acids is 1. The van der Waals surface area contributed by atoms with Gasteiger partial charge in [0, 0.05) is 13.0 Å². The fourth-order valence-corrected chi connectivity index (χ4v) is 1.43. The lowest BCUT2D eigenvalue weighted by atomic mass is 10.3. The lowest BCUT2D eigenvalue weighted by molar-refractivity contribution is 0.0696.